The average molecular weight is 260 g/mol. The Morgan fingerprint density at radius 3 is 2.00 bits per heavy atom. The smallest absolute Gasteiger partial charge is 0.325 e. The summed E-state index contributed by atoms with van der Waals surface area (Å²) in [4.78, 5) is 44.7. The van der Waals surface area contributed by atoms with Gasteiger partial charge in [-0.2, -0.15) is 0 Å². The number of carbonyl (C=O) groups excluding carboxylic acids is 4. The number of urea groups is 1. The number of carbonyl (C=O) groups is 4. The molecule has 0 aliphatic heterocycles. The van der Waals surface area contributed by atoms with Crippen molar-refractivity contribution in [3.8, 4) is 0 Å². The molecule has 102 valence electrons. The Labute approximate surface area is 103 Å². The summed E-state index contributed by atoms with van der Waals surface area (Å²) in [6.07, 6.45) is 0. The molecule has 5 N–H and O–H groups in total. The minimum atomic E-state index is -0.805. The minimum absolute atomic E-state index is 0.182. The zero-order valence-corrected chi connectivity index (χ0v) is 9.97. The Balaban J connectivity index is 4.32. The third-order valence-electron chi connectivity index (χ3n) is 1.67. The highest BCUT2D eigenvalue weighted by molar-refractivity contribution is 5.88. The lowest BCUT2D eigenvalue weighted by molar-refractivity contribution is -0.141. The molecule has 0 saturated heterocycles. The first-order valence-corrected chi connectivity index (χ1v) is 5.11. The van der Waals surface area contributed by atoms with Crippen LogP contribution in [0.3, 0.4) is 0 Å². The lowest BCUT2D eigenvalue weighted by Gasteiger charge is -2.19. The Hall–Kier alpha value is -2.32. The van der Waals surface area contributed by atoms with Crippen LogP contribution in [-0.4, -0.2) is 55.0 Å². The molecule has 0 saturated carbocycles. The molecule has 0 radical (unpaired) electrons. The standard InChI is InChI=1S/C9H16N4O5/c1-2-18-8(16)3-12-9(17)13(4-6(10)14)5-7(11)15/h2-5H2,1H3,(H2,10,14)(H2,11,15)(H,12,17). The van der Waals surface area contributed by atoms with Crippen molar-refractivity contribution >= 4 is 23.8 Å². The number of esters is 1. The van der Waals surface area contributed by atoms with Gasteiger partial charge in [-0.25, -0.2) is 4.79 Å². The molecule has 0 aliphatic rings. The summed E-state index contributed by atoms with van der Waals surface area (Å²) in [5, 5.41) is 2.17. The highest BCUT2D eigenvalue weighted by atomic mass is 16.5. The van der Waals surface area contributed by atoms with Crippen molar-refractivity contribution in [2.75, 3.05) is 26.2 Å². The van der Waals surface area contributed by atoms with Gasteiger partial charge in [-0.1, -0.05) is 0 Å². The maximum atomic E-state index is 11.5. The fourth-order valence-corrected chi connectivity index (χ4v) is 1.05. The molecule has 0 aromatic rings. The highest BCUT2D eigenvalue weighted by Gasteiger charge is 2.18. The lowest BCUT2D eigenvalue weighted by Crippen LogP contribution is -2.49. The molecule has 0 spiro atoms. The molecule has 0 unspecified atom stereocenters. The fraction of sp³-hybridized carbons (Fsp3) is 0.556. The van der Waals surface area contributed by atoms with E-state index in [9.17, 15) is 19.2 Å². The van der Waals surface area contributed by atoms with Gasteiger partial charge in [-0.05, 0) is 6.92 Å². The molecule has 9 heteroatoms. The quantitative estimate of drug-likeness (QED) is 0.434. The molecule has 0 aromatic heterocycles. The van der Waals surface area contributed by atoms with Gasteiger partial charge in [0.1, 0.15) is 19.6 Å². The SMILES string of the molecule is CCOC(=O)CNC(=O)N(CC(N)=O)CC(N)=O. The number of nitrogens with two attached hydrogens (primary N) is 2. The van der Waals surface area contributed by atoms with Crippen LogP contribution in [0.5, 0.6) is 0 Å². The highest BCUT2D eigenvalue weighted by Crippen LogP contribution is 1.89. The topological polar surface area (TPSA) is 145 Å². The van der Waals surface area contributed by atoms with Crippen molar-refractivity contribution in [1.82, 2.24) is 10.2 Å². The molecule has 0 heterocycles. The first-order chi connectivity index (χ1) is 8.36. The van der Waals surface area contributed by atoms with Crippen LogP contribution in [0.2, 0.25) is 0 Å². The molecular formula is C9H16N4O5. The van der Waals surface area contributed by atoms with Crippen LogP contribution < -0.4 is 16.8 Å². The van der Waals surface area contributed by atoms with Crippen LogP contribution >= 0.6 is 0 Å². The molecule has 0 fully saturated rings. The summed E-state index contributed by atoms with van der Waals surface area (Å²) in [5.41, 5.74) is 9.81. The van der Waals surface area contributed by atoms with E-state index in [0.717, 1.165) is 4.90 Å². The van der Waals surface area contributed by atoms with Crippen LogP contribution in [-0.2, 0) is 19.1 Å². The van der Waals surface area contributed by atoms with Gasteiger partial charge in [0.25, 0.3) is 0 Å². The van der Waals surface area contributed by atoms with E-state index in [4.69, 9.17) is 11.5 Å². The van der Waals surface area contributed by atoms with Gasteiger partial charge in [-0.3, -0.25) is 14.4 Å². The molecule has 4 amide bonds. The summed E-state index contributed by atoms with van der Waals surface area (Å²) < 4.78 is 4.58. The predicted molar refractivity (Wildman–Crippen MR) is 60.0 cm³/mol. The number of nitrogens with zero attached hydrogens (tertiary/aromatic N) is 1. The molecule has 9 nitrogen and oxygen atoms in total. The summed E-state index contributed by atoms with van der Waals surface area (Å²) in [6.45, 7) is 0.475. The fourth-order valence-electron chi connectivity index (χ4n) is 1.05. The summed E-state index contributed by atoms with van der Waals surface area (Å²) in [6, 6.07) is -0.805. The van der Waals surface area contributed by atoms with Gasteiger partial charge < -0.3 is 26.4 Å². The Bertz CT molecular complexity index is 328. The van der Waals surface area contributed by atoms with Crippen LogP contribution in [0, 0.1) is 0 Å². The molecule has 0 atom stereocenters. The average Bonchev–Trinajstić information content (AvgIpc) is 2.24. The van der Waals surface area contributed by atoms with Gasteiger partial charge in [-0.15, -0.1) is 0 Å². The molecule has 0 rings (SSSR count). The largest absolute Gasteiger partial charge is 0.465 e. The van der Waals surface area contributed by atoms with Gasteiger partial charge in [0.15, 0.2) is 0 Å². The van der Waals surface area contributed by atoms with E-state index in [2.05, 4.69) is 10.1 Å². The third kappa shape index (κ3) is 7.04. The van der Waals surface area contributed by atoms with E-state index in [0.29, 0.717) is 0 Å². The minimum Gasteiger partial charge on any atom is -0.465 e. The summed E-state index contributed by atoms with van der Waals surface area (Å²) in [5.74, 6) is -2.24. The summed E-state index contributed by atoms with van der Waals surface area (Å²) in [7, 11) is 0. The third-order valence-corrected chi connectivity index (χ3v) is 1.67. The first kappa shape index (κ1) is 15.7. The number of amides is 4. The predicted octanol–water partition coefficient (Wildman–Crippen LogP) is -2.47. The van der Waals surface area contributed by atoms with E-state index in [1.54, 1.807) is 6.92 Å². The Morgan fingerprint density at radius 1 is 1.11 bits per heavy atom. The molecule has 18 heavy (non-hydrogen) atoms. The number of hydrogen-bond donors (Lipinski definition) is 3. The first-order valence-electron chi connectivity index (χ1n) is 5.11. The van der Waals surface area contributed by atoms with Crippen LogP contribution in [0.1, 0.15) is 6.92 Å². The zero-order chi connectivity index (χ0) is 14.1. The second kappa shape index (κ2) is 7.87. The van der Waals surface area contributed by atoms with Crippen LogP contribution in [0.15, 0.2) is 0 Å². The van der Waals surface area contributed by atoms with Crippen LogP contribution in [0.25, 0.3) is 0 Å². The van der Waals surface area contributed by atoms with E-state index < -0.39 is 36.9 Å². The molecular weight excluding hydrogens is 244 g/mol. The number of nitrogens with one attached hydrogen (secondary N) is 1. The molecule has 0 bridgehead atoms. The Morgan fingerprint density at radius 2 is 1.61 bits per heavy atom. The van der Waals surface area contributed by atoms with Gasteiger partial charge in [0.2, 0.25) is 11.8 Å². The Kier molecular flexibility index (Phi) is 6.86. The lowest BCUT2D eigenvalue weighted by atomic mass is 10.4. The van der Waals surface area contributed by atoms with Gasteiger partial charge in [0, 0.05) is 0 Å². The van der Waals surface area contributed by atoms with E-state index in [1.165, 1.54) is 0 Å². The van der Waals surface area contributed by atoms with Gasteiger partial charge in [0.05, 0.1) is 6.61 Å². The van der Waals surface area contributed by atoms with E-state index in [-0.39, 0.29) is 13.2 Å². The van der Waals surface area contributed by atoms with Crippen molar-refractivity contribution in [2.45, 2.75) is 6.92 Å². The molecule has 0 aliphatic carbocycles. The van der Waals surface area contributed by atoms with Crippen molar-refractivity contribution in [3.05, 3.63) is 0 Å². The van der Waals surface area contributed by atoms with Crippen molar-refractivity contribution in [1.29, 1.82) is 0 Å². The van der Waals surface area contributed by atoms with Crippen molar-refractivity contribution in [2.24, 2.45) is 11.5 Å². The maximum Gasteiger partial charge on any atom is 0.325 e. The van der Waals surface area contributed by atoms with E-state index >= 15 is 0 Å². The zero-order valence-electron chi connectivity index (χ0n) is 9.97. The monoisotopic (exact) mass is 260 g/mol. The number of hydrogen-bond acceptors (Lipinski definition) is 5. The number of ether oxygens (including phenoxy) is 1. The second-order valence-corrected chi connectivity index (χ2v) is 3.25. The number of primary amides is 2. The number of rotatable bonds is 7. The second-order valence-electron chi connectivity index (χ2n) is 3.25. The normalized spacial score (nSPS) is 9.39. The van der Waals surface area contributed by atoms with Crippen molar-refractivity contribution < 1.29 is 23.9 Å². The maximum absolute atomic E-state index is 11.5. The molecule has 0 aromatic carbocycles. The van der Waals surface area contributed by atoms with E-state index in [1.807, 2.05) is 0 Å². The van der Waals surface area contributed by atoms with Gasteiger partial charge >= 0.3 is 12.0 Å². The summed E-state index contributed by atoms with van der Waals surface area (Å²) >= 11 is 0. The van der Waals surface area contributed by atoms with Crippen LogP contribution in [0.4, 0.5) is 4.79 Å². The van der Waals surface area contributed by atoms with Crippen molar-refractivity contribution in [3.63, 3.8) is 0 Å².